The smallest absolute Gasteiger partial charge is 0.0922 e. The van der Waals surface area contributed by atoms with Crippen molar-refractivity contribution >= 4 is 11.3 Å². The second-order valence-electron chi connectivity index (χ2n) is 2.52. The summed E-state index contributed by atoms with van der Waals surface area (Å²) < 4.78 is 5.52. The van der Waals surface area contributed by atoms with Crippen molar-refractivity contribution in [2.24, 2.45) is 0 Å². The Bertz CT molecular complexity index is 229. The van der Waals surface area contributed by atoms with Gasteiger partial charge in [0.1, 0.15) is 0 Å². The molecule has 54 valence electrons. The lowest BCUT2D eigenvalue weighted by Gasteiger charge is -2.03. The molecule has 1 unspecified atom stereocenters. The van der Waals surface area contributed by atoms with Crippen LogP contribution in [0.15, 0.2) is 11.4 Å². The molecule has 0 fully saturated rings. The van der Waals surface area contributed by atoms with E-state index in [1.807, 2.05) is 11.3 Å². The van der Waals surface area contributed by atoms with Crippen LogP contribution in [0.2, 0.25) is 0 Å². The molecule has 2 heterocycles. The summed E-state index contributed by atoms with van der Waals surface area (Å²) in [6, 6.07) is 2.16. The molecule has 1 aromatic rings. The summed E-state index contributed by atoms with van der Waals surface area (Å²) >= 11 is 1.82. The zero-order chi connectivity index (χ0) is 6.97. The molecular weight excluding hydrogens is 144 g/mol. The third kappa shape index (κ3) is 0.796. The largest absolute Gasteiger partial charge is 0.368 e. The lowest BCUT2D eigenvalue weighted by atomic mass is 10.2. The Balaban J connectivity index is 2.34. The highest BCUT2D eigenvalue weighted by Gasteiger charge is 2.22. The summed E-state index contributed by atoms with van der Waals surface area (Å²) in [5, 5.41) is 2.15. The molecule has 0 radical (unpaired) electrons. The summed E-state index contributed by atoms with van der Waals surface area (Å²) in [5.74, 6) is 0. The first kappa shape index (κ1) is 6.38. The molecule has 0 spiro atoms. The van der Waals surface area contributed by atoms with E-state index in [1.54, 1.807) is 0 Å². The van der Waals surface area contributed by atoms with Crippen molar-refractivity contribution in [1.29, 1.82) is 0 Å². The van der Waals surface area contributed by atoms with E-state index in [-0.39, 0.29) is 0 Å². The van der Waals surface area contributed by atoms with Gasteiger partial charge in [-0.1, -0.05) is 6.92 Å². The molecule has 1 nitrogen and oxygen atoms in total. The Labute approximate surface area is 64.6 Å². The lowest BCUT2D eigenvalue weighted by molar-refractivity contribution is 0.0649. The third-order valence-electron chi connectivity index (χ3n) is 1.88. The molecule has 1 aliphatic heterocycles. The van der Waals surface area contributed by atoms with Gasteiger partial charge in [0.2, 0.25) is 0 Å². The van der Waals surface area contributed by atoms with E-state index in [1.165, 1.54) is 10.4 Å². The van der Waals surface area contributed by atoms with E-state index in [0.29, 0.717) is 6.10 Å². The highest BCUT2D eigenvalue weighted by molar-refractivity contribution is 7.10. The summed E-state index contributed by atoms with van der Waals surface area (Å²) in [5.41, 5.74) is 1.40. The van der Waals surface area contributed by atoms with Crippen molar-refractivity contribution in [3.05, 3.63) is 21.9 Å². The number of ether oxygens (including phenoxy) is 1. The van der Waals surface area contributed by atoms with Gasteiger partial charge in [0.15, 0.2) is 0 Å². The second kappa shape index (κ2) is 2.36. The molecular formula is C8H10OS. The summed E-state index contributed by atoms with van der Waals surface area (Å²) in [7, 11) is 0. The molecule has 1 atom stereocenters. The fraction of sp³-hybridized carbons (Fsp3) is 0.500. The maximum Gasteiger partial charge on any atom is 0.0922 e. The lowest BCUT2D eigenvalue weighted by Crippen LogP contribution is -1.89. The minimum absolute atomic E-state index is 0.398. The number of hydrogen-bond donors (Lipinski definition) is 0. The maximum atomic E-state index is 5.52. The summed E-state index contributed by atoms with van der Waals surface area (Å²) in [4.78, 5) is 1.45. The first-order chi connectivity index (χ1) is 4.92. The normalized spacial score (nSPS) is 23.1. The number of fused-ring (bicyclic) bond motifs is 1. The van der Waals surface area contributed by atoms with Crippen molar-refractivity contribution in [3.8, 4) is 0 Å². The van der Waals surface area contributed by atoms with Gasteiger partial charge in [0.25, 0.3) is 0 Å². The molecule has 0 saturated heterocycles. The quantitative estimate of drug-likeness (QED) is 0.604. The first-order valence-corrected chi connectivity index (χ1v) is 4.47. The summed E-state index contributed by atoms with van der Waals surface area (Å²) in [6.45, 7) is 3.00. The van der Waals surface area contributed by atoms with Crippen molar-refractivity contribution in [3.63, 3.8) is 0 Å². The van der Waals surface area contributed by atoms with Crippen molar-refractivity contribution in [2.45, 2.75) is 26.1 Å². The van der Waals surface area contributed by atoms with Crippen molar-refractivity contribution in [1.82, 2.24) is 0 Å². The van der Waals surface area contributed by atoms with Crippen molar-refractivity contribution in [2.75, 3.05) is 0 Å². The van der Waals surface area contributed by atoms with Crippen molar-refractivity contribution < 1.29 is 4.74 Å². The Morgan fingerprint density at radius 3 is 3.50 bits per heavy atom. The van der Waals surface area contributed by atoms with Crippen LogP contribution in [0.3, 0.4) is 0 Å². The van der Waals surface area contributed by atoms with Crippen LogP contribution in [-0.4, -0.2) is 0 Å². The maximum absolute atomic E-state index is 5.52. The van der Waals surface area contributed by atoms with Gasteiger partial charge < -0.3 is 4.74 Å². The monoisotopic (exact) mass is 154 g/mol. The van der Waals surface area contributed by atoms with Crippen LogP contribution in [0.25, 0.3) is 0 Å². The zero-order valence-corrected chi connectivity index (χ0v) is 6.78. The molecule has 0 N–H and O–H groups in total. The Morgan fingerprint density at radius 1 is 1.80 bits per heavy atom. The minimum atomic E-state index is 0.398. The van der Waals surface area contributed by atoms with Crippen LogP contribution in [0.1, 0.15) is 29.9 Å². The van der Waals surface area contributed by atoms with E-state index < -0.39 is 0 Å². The van der Waals surface area contributed by atoms with Gasteiger partial charge in [-0.25, -0.2) is 0 Å². The van der Waals surface area contributed by atoms with Gasteiger partial charge in [-0.05, 0) is 23.4 Å². The average Bonchev–Trinajstić information content (AvgIpc) is 2.44. The standard InChI is InChI=1S/C8H10OS/c1-2-7-8-6(5-9-7)3-4-10-8/h3-4,7H,2,5H2,1H3. The molecule has 0 saturated carbocycles. The molecule has 0 amide bonds. The van der Waals surface area contributed by atoms with E-state index >= 15 is 0 Å². The predicted molar refractivity (Wildman–Crippen MR) is 42.1 cm³/mol. The number of thiophene rings is 1. The van der Waals surface area contributed by atoms with Gasteiger partial charge in [-0.3, -0.25) is 0 Å². The van der Waals surface area contributed by atoms with E-state index in [2.05, 4.69) is 18.4 Å². The van der Waals surface area contributed by atoms with Gasteiger partial charge in [-0.15, -0.1) is 11.3 Å². The Hall–Kier alpha value is -0.340. The molecule has 0 bridgehead atoms. The molecule has 2 rings (SSSR count). The average molecular weight is 154 g/mol. The molecule has 0 aromatic carbocycles. The Morgan fingerprint density at radius 2 is 2.70 bits per heavy atom. The topological polar surface area (TPSA) is 9.23 Å². The third-order valence-corrected chi connectivity index (χ3v) is 2.94. The van der Waals surface area contributed by atoms with Crippen LogP contribution in [-0.2, 0) is 11.3 Å². The van der Waals surface area contributed by atoms with E-state index in [4.69, 9.17) is 4.74 Å². The molecule has 0 aliphatic carbocycles. The molecule has 1 aromatic heterocycles. The minimum Gasteiger partial charge on any atom is -0.368 e. The van der Waals surface area contributed by atoms with E-state index in [0.717, 1.165) is 13.0 Å². The first-order valence-electron chi connectivity index (χ1n) is 3.59. The fourth-order valence-electron chi connectivity index (χ4n) is 1.32. The van der Waals surface area contributed by atoms with Crippen LogP contribution in [0.4, 0.5) is 0 Å². The van der Waals surface area contributed by atoms with Crippen LogP contribution >= 0.6 is 11.3 Å². The highest BCUT2D eigenvalue weighted by atomic mass is 32.1. The fourth-order valence-corrected chi connectivity index (χ4v) is 2.36. The predicted octanol–water partition coefficient (Wildman–Crippen LogP) is 2.73. The van der Waals surface area contributed by atoms with Crippen LogP contribution < -0.4 is 0 Å². The van der Waals surface area contributed by atoms with E-state index in [9.17, 15) is 0 Å². The van der Waals surface area contributed by atoms with Crippen LogP contribution in [0, 0.1) is 0 Å². The number of rotatable bonds is 1. The Kier molecular flexibility index (Phi) is 1.51. The van der Waals surface area contributed by atoms with Gasteiger partial charge in [0, 0.05) is 4.88 Å². The molecule has 10 heavy (non-hydrogen) atoms. The van der Waals surface area contributed by atoms with Crippen LogP contribution in [0.5, 0.6) is 0 Å². The molecule has 1 aliphatic rings. The zero-order valence-electron chi connectivity index (χ0n) is 5.96. The second-order valence-corrected chi connectivity index (χ2v) is 3.47. The van der Waals surface area contributed by atoms with Gasteiger partial charge in [-0.2, -0.15) is 0 Å². The summed E-state index contributed by atoms with van der Waals surface area (Å²) in [6.07, 6.45) is 1.50. The van der Waals surface area contributed by atoms with Gasteiger partial charge in [0.05, 0.1) is 12.7 Å². The number of hydrogen-bond acceptors (Lipinski definition) is 2. The highest BCUT2D eigenvalue weighted by Crippen LogP contribution is 2.36. The molecule has 2 heteroatoms. The van der Waals surface area contributed by atoms with Gasteiger partial charge >= 0.3 is 0 Å². The SMILES string of the molecule is CCC1OCc2ccsc21.